The number of aliphatic hydroxyl groups is 1. The normalized spacial score (nSPS) is 16.4. The Labute approximate surface area is 147 Å². The summed E-state index contributed by atoms with van der Waals surface area (Å²) in [5.74, 6) is 0.623. The molecule has 2 amide bonds. The van der Waals surface area contributed by atoms with Gasteiger partial charge in [0, 0.05) is 38.7 Å². The van der Waals surface area contributed by atoms with Gasteiger partial charge in [0.1, 0.15) is 5.82 Å². The smallest absolute Gasteiger partial charge is 0.320 e. The van der Waals surface area contributed by atoms with Crippen LogP contribution in [0.1, 0.15) is 24.1 Å². The van der Waals surface area contributed by atoms with Crippen molar-refractivity contribution in [3.05, 3.63) is 47.7 Å². The van der Waals surface area contributed by atoms with E-state index >= 15 is 0 Å². The van der Waals surface area contributed by atoms with E-state index < -0.39 is 5.60 Å². The van der Waals surface area contributed by atoms with Crippen LogP contribution < -0.4 is 10.6 Å². The van der Waals surface area contributed by atoms with Gasteiger partial charge in [-0.05, 0) is 12.5 Å². The third-order valence-corrected chi connectivity index (χ3v) is 4.32. The van der Waals surface area contributed by atoms with Gasteiger partial charge in [0.2, 0.25) is 0 Å². The Balaban J connectivity index is 1.59. The van der Waals surface area contributed by atoms with Crippen LogP contribution in [0.15, 0.2) is 36.4 Å². The average molecular weight is 344 g/mol. The van der Waals surface area contributed by atoms with Crippen molar-refractivity contribution in [2.24, 2.45) is 0 Å². The SMILES string of the molecule is Cc1cc(NC(=O)NCC2(O)CCOCC2)n(Cc2ccccc2)n1. The summed E-state index contributed by atoms with van der Waals surface area (Å²) in [6.45, 7) is 3.70. The maximum Gasteiger partial charge on any atom is 0.320 e. The molecule has 0 unspecified atom stereocenters. The number of hydrogen-bond donors (Lipinski definition) is 3. The first kappa shape index (κ1) is 17.4. The molecule has 1 aliphatic rings. The predicted molar refractivity (Wildman–Crippen MR) is 94.5 cm³/mol. The fraction of sp³-hybridized carbons (Fsp3) is 0.444. The van der Waals surface area contributed by atoms with Crippen molar-refractivity contribution in [3.63, 3.8) is 0 Å². The number of aryl methyl sites for hydroxylation is 1. The Morgan fingerprint density at radius 3 is 2.76 bits per heavy atom. The zero-order valence-corrected chi connectivity index (χ0v) is 14.4. The number of aromatic nitrogens is 2. The third kappa shape index (κ3) is 4.80. The molecule has 1 aliphatic heterocycles. The Hall–Kier alpha value is -2.38. The van der Waals surface area contributed by atoms with Crippen LogP contribution >= 0.6 is 0 Å². The lowest BCUT2D eigenvalue weighted by molar-refractivity contribution is -0.0598. The summed E-state index contributed by atoms with van der Waals surface area (Å²) < 4.78 is 7.00. The zero-order valence-electron chi connectivity index (χ0n) is 14.4. The number of hydrogen-bond acceptors (Lipinski definition) is 4. The van der Waals surface area contributed by atoms with Crippen molar-refractivity contribution >= 4 is 11.8 Å². The maximum atomic E-state index is 12.2. The van der Waals surface area contributed by atoms with E-state index in [1.165, 1.54) is 0 Å². The molecule has 0 radical (unpaired) electrons. The molecule has 3 N–H and O–H groups in total. The number of ether oxygens (including phenoxy) is 1. The summed E-state index contributed by atoms with van der Waals surface area (Å²) >= 11 is 0. The van der Waals surface area contributed by atoms with Crippen molar-refractivity contribution in [2.45, 2.75) is 31.9 Å². The number of nitrogens with zero attached hydrogens (tertiary/aromatic N) is 2. The van der Waals surface area contributed by atoms with E-state index in [0.29, 0.717) is 38.4 Å². The quantitative estimate of drug-likeness (QED) is 0.773. The van der Waals surface area contributed by atoms with Crippen LogP contribution in [0.3, 0.4) is 0 Å². The lowest BCUT2D eigenvalue weighted by Gasteiger charge is -2.32. The number of urea groups is 1. The van der Waals surface area contributed by atoms with Gasteiger partial charge >= 0.3 is 6.03 Å². The highest BCUT2D eigenvalue weighted by Crippen LogP contribution is 2.19. The highest BCUT2D eigenvalue weighted by atomic mass is 16.5. The average Bonchev–Trinajstić information content (AvgIpc) is 2.94. The standard InChI is InChI=1S/C18H24N4O3/c1-14-11-16(22(21-14)12-15-5-3-2-4-6-15)20-17(23)19-13-18(24)7-9-25-10-8-18/h2-6,11,24H,7-10,12-13H2,1H3,(H2,19,20,23). The summed E-state index contributed by atoms with van der Waals surface area (Å²) in [7, 11) is 0. The molecular weight excluding hydrogens is 320 g/mol. The molecule has 0 spiro atoms. The van der Waals surface area contributed by atoms with Crippen LogP contribution in [0.2, 0.25) is 0 Å². The topological polar surface area (TPSA) is 88.4 Å². The van der Waals surface area contributed by atoms with Crippen molar-refractivity contribution in [1.82, 2.24) is 15.1 Å². The number of anilines is 1. The van der Waals surface area contributed by atoms with Gasteiger partial charge < -0.3 is 15.2 Å². The Bertz CT molecular complexity index is 708. The van der Waals surface area contributed by atoms with Crippen LogP contribution in [0.5, 0.6) is 0 Å². The minimum Gasteiger partial charge on any atom is -0.388 e. The molecule has 1 aromatic carbocycles. The molecule has 1 saturated heterocycles. The van der Waals surface area contributed by atoms with Gasteiger partial charge in [-0.1, -0.05) is 30.3 Å². The van der Waals surface area contributed by atoms with Crippen molar-refractivity contribution in [3.8, 4) is 0 Å². The second kappa shape index (κ2) is 7.67. The van der Waals surface area contributed by atoms with Gasteiger partial charge in [0.25, 0.3) is 0 Å². The maximum absolute atomic E-state index is 12.2. The summed E-state index contributed by atoms with van der Waals surface area (Å²) in [5, 5.41) is 20.4. The molecule has 0 atom stereocenters. The molecule has 2 heterocycles. The zero-order chi connectivity index (χ0) is 17.7. The summed E-state index contributed by atoms with van der Waals surface area (Å²) in [6, 6.07) is 11.4. The fourth-order valence-electron chi connectivity index (χ4n) is 2.86. The fourth-order valence-corrected chi connectivity index (χ4v) is 2.86. The van der Waals surface area contributed by atoms with Crippen LogP contribution in [-0.2, 0) is 11.3 Å². The molecule has 0 bridgehead atoms. The third-order valence-electron chi connectivity index (χ3n) is 4.32. The monoisotopic (exact) mass is 344 g/mol. The highest BCUT2D eigenvalue weighted by Gasteiger charge is 2.30. The van der Waals surface area contributed by atoms with Gasteiger partial charge in [-0.3, -0.25) is 5.32 Å². The minimum absolute atomic E-state index is 0.202. The molecule has 134 valence electrons. The van der Waals surface area contributed by atoms with Gasteiger partial charge in [0.05, 0.1) is 17.8 Å². The van der Waals surface area contributed by atoms with Gasteiger partial charge in [0.15, 0.2) is 0 Å². The first-order valence-electron chi connectivity index (χ1n) is 8.47. The van der Waals surface area contributed by atoms with E-state index in [9.17, 15) is 9.90 Å². The number of benzene rings is 1. The summed E-state index contributed by atoms with van der Waals surface area (Å²) in [5.41, 5.74) is 1.04. The van der Waals surface area contributed by atoms with Crippen molar-refractivity contribution < 1.29 is 14.6 Å². The lowest BCUT2D eigenvalue weighted by Crippen LogP contribution is -2.47. The second-order valence-corrected chi connectivity index (χ2v) is 6.46. The van der Waals surface area contributed by atoms with E-state index in [2.05, 4.69) is 15.7 Å². The van der Waals surface area contributed by atoms with E-state index in [1.54, 1.807) is 4.68 Å². The van der Waals surface area contributed by atoms with E-state index in [0.717, 1.165) is 11.3 Å². The van der Waals surface area contributed by atoms with Gasteiger partial charge in [-0.25, -0.2) is 9.48 Å². The van der Waals surface area contributed by atoms with E-state index in [-0.39, 0.29) is 12.6 Å². The molecule has 0 aliphatic carbocycles. The second-order valence-electron chi connectivity index (χ2n) is 6.46. The van der Waals surface area contributed by atoms with E-state index in [4.69, 9.17) is 4.74 Å². The molecule has 2 aromatic rings. The van der Waals surface area contributed by atoms with Gasteiger partial charge in [-0.2, -0.15) is 5.10 Å². The molecule has 0 saturated carbocycles. The summed E-state index contributed by atoms with van der Waals surface area (Å²) in [6.07, 6.45) is 1.05. The molecule has 7 heteroatoms. The van der Waals surface area contributed by atoms with Crippen LogP contribution in [0.25, 0.3) is 0 Å². The van der Waals surface area contributed by atoms with Crippen molar-refractivity contribution in [2.75, 3.05) is 25.1 Å². The molecule has 7 nitrogen and oxygen atoms in total. The first-order valence-corrected chi connectivity index (χ1v) is 8.47. The number of carbonyl (C=O) groups is 1. The van der Waals surface area contributed by atoms with Crippen LogP contribution in [0.4, 0.5) is 10.6 Å². The van der Waals surface area contributed by atoms with Crippen LogP contribution in [-0.4, -0.2) is 46.3 Å². The van der Waals surface area contributed by atoms with Crippen LogP contribution in [0, 0.1) is 6.92 Å². The number of carbonyl (C=O) groups excluding carboxylic acids is 1. The largest absolute Gasteiger partial charge is 0.388 e. The molecule has 1 aromatic heterocycles. The Morgan fingerprint density at radius 1 is 1.32 bits per heavy atom. The van der Waals surface area contributed by atoms with E-state index in [1.807, 2.05) is 43.3 Å². The Morgan fingerprint density at radius 2 is 2.04 bits per heavy atom. The molecule has 3 rings (SSSR count). The summed E-state index contributed by atoms with van der Waals surface area (Å²) in [4.78, 5) is 12.2. The molecular formula is C18H24N4O3. The minimum atomic E-state index is -0.893. The predicted octanol–water partition coefficient (Wildman–Crippen LogP) is 1.90. The highest BCUT2D eigenvalue weighted by molar-refractivity contribution is 5.88. The van der Waals surface area contributed by atoms with Crippen molar-refractivity contribution in [1.29, 1.82) is 0 Å². The number of rotatable bonds is 5. The lowest BCUT2D eigenvalue weighted by atomic mass is 9.94. The molecule has 25 heavy (non-hydrogen) atoms. The van der Waals surface area contributed by atoms with Gasteiger partial charge in [-0.15, -0.1) is 0 Å². The first-order chi connectivity index (χ1) is 12.0. The Kier molecular flexibility index (Phi) is 5.35. The number of nitrogens with one attached hydrogen (secondary N) is 2. The molecule has 1 fully saturated rings. The number of amides is 2.